The molecule has 0 spiro atoms. The second-order valence-electron chi connectivity index (χ2n) is 15.1. The van der Waals surface area contributed by atoms with Crippen molar-refractivity contribution in [1.29, 1.82) is 0 Å². The molecule has 2 heterocycles. The fourth-order valence-corrected chi connectivity index (χ4v) is 9.80. The average Bonchev–Trinajstić information content (AvgIpc) is 3.04. The number of aromatic nitrogens is 2. The molecule has 4 bridgehead atoms. The molecule has 6 rings (SSSR count). The monoisotopic (exact) mass is 650 g/mol. The minimum Gasteiger partial charge on any atom is -0.326 e. The van der Waals surface area contributed by atoms with Gasteiger partial charge in [-0.25, -0.2) is 0 Å². The second-order valence-corrected chi connectivity index (χ2v) is 15.1. The molecule has 0 unspecified atom stereocenters. The molecule has 0 aliphatic heterocycles. The third kappa shape index (κ3) is 6.93. The lowest BCUT2D eigenvalue weighted by Crippen LogP contribution is -2.52. The van der Waals surface area contributed by atoms with Gasteiger partial charge in [-0.2, -0.15) is 0 Å². The fourth-order valence-electron chi connectivity index (χ4n) is 9.80. The number of hydrogen-bond donors (Lipinski definition) is 4. The van der Waals surface area contributed by atoms with Crippen LogP contribution in [0.1, 0.15) is 127 Å². The van der Waals surface area contributed by atoms with Gasteiger partial charge >= 0.3 is 0 Å². The minimum absolute atomic E-state index is 0.00274. The highest BCUT2D eigenvalue weighted by molar-refractivity contribution is 5.50. The van der Waals surface area contributed by atoms with Crippen LogP contribution < -0.4 is 21.8 Å². The Morgan fingerprint density at radius 3 is 1.38 bits per heavy atom. The number of aromatic amines is 2. The van der Waals surface area contributed by atoms with Gasteiger partial charge in [0.2, 0.25) is 11.1 Å². The van der Waals surface area contributed by atoms with Crippen molar-refractivity contribution < 1.29 is 0 Å². The van der Waals surface area contributed by atoms with Crippen molar-refractivity contribution in [2.45, 2.75) is 129 Å². The molecule has 6 nitrogen and oxygen atoms in total. The predicted octanol–water partition coefficient (Wildman–Crippen LogP) is 8.17. The number of H-pyrrole nitrogens is 2. The first-order valence-electron chi connectivity index (χ1n) is 18.9. The van der Waals surface area contributed by atoms with Gasteiger partial charge in [0, 0.05) is 35.4 Å². The molecule has 0 aromatic carbocycles. The van der Waals surface area contributed by atoms with Crippen LogP contribution in [-0.4, -0.2) is 23.1 Å². The molecule has 258 valence electrons. The van der Waals surface area contributed by atoms with E-state index in [1.165, 1.54) is 97.6 Å². The molecule has 4 aliphatic carbocycles. The highest BCUT2D eigenvalue weighted by Crippen LogP contribution is 2.50. The molecule has 48 heavy (non-hydrogen) atoms. The molecule has 0 radical (unpaired) electrons. The standard InChI is InChI=1S/C42H58N4O2/c1-5-33-31-23-29(3)27-41(33,35-17-19-39(47)45-37(35)25-31)43-21-15-13-11-9-7-8-10-12-14-16-22-44-42-28-30(4)24-32(34(42)6-2)26-38-36(42)18-20-40(48)46-38/h5-6,17-20,23-24,31-32,43-44H,7-16,21-22,25-28H2,1-4H3,(H,45,47)(H,46,48)/t31-,32-,41+,42+/m0/s1. The van der Waals surface area contributed by atoms with Crippen LogP contribution in [0, 0.1) is 11.8 Å². The quantitative estimate of drug-likeness (QED) is 0.116. The van der Waals surface area contributed by atoms with E-state index in [-0.39, 0.29) is 22.2 Å². The van der Waals surface area contributed by atoms with Crippen LogP contribution in [0.15, 0.2) is 80.5 Å². The first-order valence-corrected chi connectivity index (χ1v) is 18.9. The van der Waals surface area contributed by atoms with Crippen molar-refractivity contribution in [3.05, 3.63) is 114 Å². The summed E-state index contributed by atoms with van der Waals surface area (Å²) in [6, 6.07) is 7.53. The van der Waals surface area contributed by atoms with E-state index in [1.54, 1.807) is 12.1 Å². The number of fused-ring (bicyclic) bond motifs is 8. The van der Waals surface area contributed by atoms with Crippen LogP contribution in [0.25, 0.3) is 0 Å². The Balaban J connectivity index is 0.879. The van der Waals surface area contributed by atoms with Gasteiger partial charge in [-0.1, -0.05) is 86.8 Å². The highest BCUT2D eigenvalue weighted by atomic mass is 16.1. The molecule has 2 aromatic rings. The third-order valence-corrected chi connectivity index (χ3v) is 11.7. The lowest BCUT2D eigenvalue weighted by molar-refractivity contribution is 0.319. The molecule has 0 fully saturated rings. The van der Waals surface area contributed by atoms with Crippen molar-refractivity contribution in [3.63, 3.8) is 0 Å². The smallest absolute Gasteiger partial charge is 0.248 e. The first kappa shape index (κ1) is 34.6. The summed E-state index contributed by atoms with van der Waals surface area (Å²) in [5.74, 6) is 0.736. The van der Waals surface area contributed by atoms with Gasteiger partial charge in [-0.3, -0.25) is 9.59 Å². The fraction of sp³-hybridized carbons (Fsp3) is 0.571. The zero-order valence-corrected chi connectivity index (χ0v) is 29.9. The molecule has 0 saturated carbocycles. The number of hydrogen-bond acceptors (Lipinski definition) is 4. The van der Waals surface area contributed by atoms with Gasteiger partial charge < -0.3 is 20.6 Å². The van der Waals surface area contributed by atoms with Crippen LogP contribution in [0.2, 0.25) is 0 Å². The predicted molar refractivity (Wildman–Crippen MR) is 198 cm³/mol. The van der Waals surface area contributed by atoms with Crippen LogP contribution in [0.5, 0.6) is 0 Å². The van der Waals surface area contributed by atoms with E-state index < -0.39 is 0 Å². The molecule has 4 aliphatic rings. The number of nitrogens with one attached hydrogen (secondary N) is 4. The van der Waals surface area contributed by atoms with E-state index in [0.29, 0.717) is 11.8 Å². The molecular weight excluding hydrogens is 592 g/mol. The topological polar surface area (TPSA) is 89.8 Å². The van der Waals surface area contributed by atoms with E-state index in [9.17, 15) is 9.59 Å². The van der Waals surface area contributed by atoms with Crippen molar-refractivity contribution in [3.8, 4) is 0 Å². The van der Waals surface area contributed by atoms with Gasteiger partial charge in [0.05, 0.1) is 11.1 Å². The highest BCUT2D eigenvalue weighted by Gasteiger charge is 2.47. The Kier molecular flexibility index (Phi) is 10.9. The van der Waals surface area contributed by atoms with Gasteiger partial charge in [0.15, 0.2) is 0 Å². The van der Waals surface area contributed by atoms with Crippen molar-refractivity contribution >= 4 is 0 Å². The van der Waals surface area contributed by atoms with Crippen LogP contribution >= 0.6 is 0 Å². The number of pyridine rings is 2. The second kappa shape index (κ2) is 15.1. The Bertz CT molecular complexity index is 1580. The summed E-state index contributed by atoms with van der Waals surface area (Å²) in [4.78, 5) is 30.5. The number of allylic oxidation sites excluding steroid dienone is 4. The van der Waals surface area contributed by atoms with Crippen LogP contribution in [0.4, 0.5) is 0 Å². The minimum atomic E-state index is -0.184. The van der Waals surface area contributed by atoms with E-state index in [4.69, 9.17) is 0 Å². The zero-order valence-electron chi connectivity index (χ0n) is 29.9. The zero-order chi connectivity index (χ0) is 33.7. The SMILES string of the molecule is CC=C1[C@H]2C=C(C)C[C@]1(NCCCCCCCCCCCCN[C@@]13CC(C)=C[C@@H](Cc4[nH]c(=O)ccc41)C3=CC)c1ccc(=O)[nH]c1C2. The van der Waals surface area contributed by atoms with Gasteiger partial charge in [-0.05, 0) is 114 Å². The Morgan fingerprint density at radius 1 is 0.625 bits per heavy atom. The van der Waals surface area contributed by atoms with Crippen LogP contribution in [-0.2, 0) is 23.9 Å². The normalized spacial score (nSPS) is 27.4. The summed E-state index contributed by atoms with van der Waals surface area (Å²) in [5, 5.41) is 8.00. The lowest BCUT2D eigenvalue weighted by atomic mass is 9.63. The van der Waals surface area contributed by atoms with Crippen molar-refractivity contribution in [2.75, 3.05) is 13.1 Å². The van der Waals surface area contributed by atoms with Gasteiger partial charge in [-0.15, -0.1) is 0 Å². The maximum absolute atomic E-state index is 12.1. The molecular formula is C42H58N4O2. The molecule has 4 atom stereocenters. The molecule has 2 aromatic heterocycles. The van der Waals surface area contributed by atoms with E-state index >= 15 is 0 Å². The molecule has 4 N–H and O–H groups in total. The third-order valence-electron chi connectivity index (χ3n) is 11.7. The van der Waals surface area contributed by atoms with Crippen molar-refractivity contribution in [2.24, 2.45) is 11.8 Å². The summed E-state index contributed by atoms with van der Waals surface area (Å²) < 4.78 is 0. The number of unbranched alkanes of at least 4 members (excludes halogenated alkanes) is 9. The van der Waals surface area contributed by atoms with E-state index in [1.807, 2.05) is 0 Å². The summed E-state index contributed by atoms with van der Waals surface area (Å²) in [6.45, 7) is 10.9. The number of rotatable bonds is 15. The summed E-state index contributed by atoms with van der Waals surface area (Å²) in [6.07, 6.45) is 26.0. The molecule has 6 heteroatoms. The molecule has 0 amide bonds. The summed E-state index contributed by atoms with van der Waals surface area (Å²) in [7, 11) is 0. The Morgan fingerprint density at radius 2 is 1.00 bits per heavy atom. The maximum atomic E-state index is 12.1. The molecule has 0 saturated heterocycles. The van der Waals surface area contributed by atoms with Crippen LogP contribution in [0.3, 0.4) is 0 Å². The maximum Gasteiger partial charge on any atom is 0.248 e. The Labute approximate surface area is 287 Å². The van der Waals surface area contributed by atoms with E-state index in [2.05, 4.69) is 84.7 Å². The average molecular weight is 651 g/mol. The first-order chi connectivity index (χ1) is 23.3. The lowest BCUT2D eigenvalue weighted by Gasteiger charge is -2.48. The van der Waals surface area contributed by atoms with Crippen molar-refractivity contribution in [1.82, 2.24) is 20.6 Å². The Hall–Kier alpha value is -3.22. The van der Waals surface area contributed by atoms with Gasteiger partial charge in [0.1, 0.15) is 0 Å². The summed E-state index contributed by atoms with van der Waals surface area (Å²) in [5.41, 5.74) is 10.2. The van der Waals surface area contributed by atoms with E-state index in [0.717, 1.165) is 50.2 Å². The van der Waals surface area contributed by atoms with Gasteiger partial charge in [0.25, 0.3) is 0 Å². The summed E-state index contributed by atoms with van der Waals surface area (Å²) >= 11 is 0. The largest absolute Gasteiger partial charge is 0.326 e.